The summed E-state index contributed by atoms with van der Waals surface area (Å²) in [5.41, 5.74) is 4.17. The van der Waals surface area contributed by atoms with Gasteiger partial charge in [0.2, 0.25) is 0 Å². The number of benzene rings is 1. The van der Waals surface area contributed by atoms with Crippen LogP contribution in [0.15, 0.2) is 18.2 Å². The van der Waals surface area contributed by atoms with E-state index in [1.807, 2.05) is 0 Å². The molecule has 0 aliphatic rings. The molecule has 0 aliphatic heterocycles. The molecule has 0 amide bonds. The van der Waals surface area contributed by atoms with Crippen molar-refractivity contribution < 1.29 is 0 Å². The van der Waals surface area contributed by atoms with Gasteiger partial charge in [0.05, 0.1) is 0 Å². The fraction of sp³-hybridized carbons (Fsp3) is 0.684. The maximum absolute atomic E-state index is 3.65. The van der Waals surface area contributed by atoms with Crippen LogP contribution < -0.4 is 5.32 Å². The van der Waals surface area contributed by atoms with E-state index in [0.29, 0.717) is 6.04 Å². The van der Waals surface area contributed by atoms with Gasteiger partial charge in [-0.3, -0.25) is 0 Å². The van der Waals surface area contributed by atoms with E-state index >= 15 is 0 Å². The van der Waals surface area contributed by atoms with Gasteiger partial charge in [-0.25, -0.2) is 0 Å². The molecule has 1 unspecified atom stereocenters. The lowest BCUT2D eigenvalue weighted by Gasteiger charge is -2.23. The third-order valence-corrected chi connectivity index (χ3v) is 4.04. The van der Waals surface area contributed by atoms with E-state index in [1.165, 1.54) is 48.9 Å². The molecular formula is C19H34N2. The molecule has 0 aromatic heterocycles. The van der Waals surface area contributed by atoms with E-state index in [4.69, 9.17) is 0 Å². The zero-order valence-electron chi connectivity index (χ0n) is 14.7. The molecule has 1 atom stereocenters. The Labute approximate surface area is 131 Å². The van der Waals surface area contributed by atoms with Crippen LogP contribution in [0.4, 0.5) is 0 Å². The number of aryl methyl sites for hydroxylation is 2. The molecule has 1 rings (SSSR count). The molecule has 0 radical (unpaired) electrons. The third-order valence-electron chi connectivity index (χ3n) is 4.04. The van der Waals surface area contributed by atoms with Crippen molar-refractivity contribution in [3.8, 4) is 0 Å². The number of rotatable bonds is 10. The molecule has 0 bridgehead atoms. The van der Waals surface area contributed by atoms with E-state index in [2.05, 4.69) is 63.2 Å². The Kier molecular flexibility index (Phi) is 8.63. The molecule has 0 heterocycles. The molecule has 120 valence electrons. The van der Waals surface area contributed by atoms with Gasteiger partial charge in [-0.15, -0.1) is 0 Å². The fourth-order valence-electron chi connectivity index (χ4n) is 2.94. The van der Waals surface area contributed by atoms with Crippen molar-refractivity contribution in [3.63, 3.8) is 0 Å². The second kappa shape index (κ2) is 9.97. The molecule has 21 heavy (non-hydrogen) atoms. The summed E-state index contributed by atoms with van der Waals surface area (Å²) in [5.74, 6) is 0. The molecule has 1 N–H and O–H groups in total. The number of hydrogen-bond donors (Lipinski definition) is 1. The molecule has 0 saturated heterocycles. The smallest absolute Gasteiger partial charge is 0.0332 e. The molecule has 0 saturated carbocycles. The van der Waals surface area contributed by atoms with Crippen LogP contribution in [0.5, 0.6) is 0 Å². The monoisotopic (exact) mass is 290 g/mol. The first-order chi connectivity index (χ1) is 10.1. The Morgan fingerprint density at radius 2 is 1.67 bits per heavy atom. The van der Waals surface area contributed by atoms with Crippen molar-refractivity contribution in [1.29, 1.82) is 0 Å². The molecule has 1 aromatic rings. The van der Waals surface area contributed by atoms with Crippen LogP contribution in [-0.2, 0) is 0 Å². The maximum Gasteiger partial charge on any atom is 0.0332 e. The molecule has 2 nitrogen and oxygen atoms in total. The fourth-order valence-corrected chi connectivity index (χ4v) is 2.94. The van der Waals surface area contributed by atoms with Crippen LogP contribution in [0.3, 0.4) is 0 Å². The summed E-state index contributed by atoms with van der Waals surface area (Å²) in [6.07, 6.45) is 5.15. The van der Waals surface area contributed by atoms with E-state index in [-0.39, 0.29) is 0 Å². The second-order valence-electron chi connectivity index (χ2n) is 6.33. The number of nitrogens with one attached hydrogen (secondary N) is 1. The molecule has 1 aromatic carbocycles. The highest BCUT2D eigenvalue weighted by Crippen LogP contribution is 2.20. The first kappa shape index (κ1) is 18.2. The molecule has 0 fully saturated rings. The average molecular weight is 290 g/mol. The Morgan fingerprint density at radius 1 is 1.00 bits per heavy atom. The summed E-state index contributed by atoms with van der Waals surface area (Å²) in [6.45, 7) is 12.2. The van der Waals surface area contributed by atoms with Crippen molar-refractivity contribution in [2.24, 2.45) is 0 Å². The molecule has 0 spiro atoms. The van der Waals surface area contributed by atoms with Crippen LogP contribution in [0.1, 0.15) is 62.3 Å². The van der Waals surface area contributed by atoms with Gasteiger partial charge in [0.1, 0.15) is 0 Å². The minimum Gasteiger partial charge on any atom is -0.310 e. The predicted octanol–water partition coefficient (Wildman–Crippen LogP) is 4.47. The van der Waals surface area contributed by atoms with Gasteiger partial charge >= 0.3 is 0 Å². The van der Waals surface area contributed by atoms with Gasteiger partial charge < -0.3 is 10.2 Å². The SMILES string of the molecule is CCCCCN(C)CCC(NCC)c1cc(C)cc(C)c1. The first-order valence-corrected chi connectivity index (χ1v) is 8.57. The highest BCUT2D eigenvalue weighted by molar-refractivity contribution is 5.30. The normalized spacial score (nSPS) is 12.9. The zero-order chi connectivity index (χ0) is 15.7. The van der Waals surface area contributed by atoms with Crippen LogP contribution in [0.2, 0.25) is 0 Å². The van der Waals surface area contributed by atoms with E-state index in [0.717, 1.165) is 13.1 Å². The summed E-state index contributed by atoms with van der Waals surface area (Å²) in [6, 6.07) is 7.39. The van der Waals surface area contributed by atoms with Gasteiger partial charge in [0.15, 0.2) is 0 Å². The lowest BCUT2D eigenvalue weighted by molar-refractivity contribution is 0.301. The van der Waals surface area contributed by atoms with Gasteiger partial charge in [-0.1, -0.05) is 56.0 Å². The number of unbranched alkanes of at least 4 members (excludes halogenated alkanes) is 2. The van der Waals surface area contributed by atoms with Gasteiger partial charge in [-0.05, 0) is 58.9 Å². The summed E-state index contributed by atoms with van der Waals surface area (Å²) in [7, 11) is 2.25. The molecular weight excluding hydrogens is 256 g/mol. The third kappa shape index (κ3) is 7.10. The zero-order valence-corrected chi connectivity index (χ0v) is 14.7. The predicted molar refractivity (Wildman–Crippen MR) is 94.0 cm³/mol. The second-order valence-corrected chi connectivity index (χ2v) is 6.33. The van der Waals surface area contributed by atoms with Crippen molar-refractivity contribution in [1.82, 2.24) is 10.2 Å². The molecule has 0 aliphatic carbocycles. The van der Waals surface area contributed by atoms with Crippen molar-refractivity contribution >= 4 is 0 Å². The Hall–Kier alpha value is -0.860. The minimum absolute atomic E-state index is 0.474. The number of nitrogens with zero attached hydrogens (tertiary/aromatic N) is 1. The first-order valence-electron chi connectivity index (χ1n) is 8.57. The Balaban J connectivity index is 2.56. The van der Waals surface area contributed by atoms with Gasteiger partial charge in [0.25, 0.3) is 0 Å². The Bertz CT molecular complexity index is 380. The highest BCUT2D eigenvalue weighted by atomic mass is 15.1. The largest absolute Gasteiger partial charge is 0.310 e. The van der Waals surface area contributed by atoms with E-state index < -0.39 is 0 Å². The quantitative estimate of drug-likeness (QED) is 0.640. The number of hydrogen-bond acceptors (Lipinski definition) is 2. The highest BCUT2D eigenvalue weighted by Gasteiger charge is 2.12. The van der Waals surface area contributed by atoms with E-state index in [1.54, 1.807) is 0 Å². The topological polar surface area (TPSA) is 15.3 Å². The maximum atomic E-state index is 3.65. The van der Waals surface area contributed by atoms with Crippen molar-refractivity contribution in [2.45, 2.75) is 59.4 Å². The summed E-state index contributed by atoms with van der Waals surface area (Å²) in [4.78, 5) is 2.47. The van der Waals surface area contributed by atoms with Crippen molar-refractivity contribution in [3.05, 3.63) is 34.9 Å². The average Bonchev–Trinajstić information content (AvgIpc) is 2.42. The Morgan fingerprint density at radius 3 is 2.24 bits per heavy atom. The van der Waals surface area contributed by atoms with Crippen LogP contribution in [-0.4, -0.2) is 31.6 Å². The standard InChI is InChI=1S/C19H34N2/c1-6-8-9-11-21(5)12-10-19(20-7-2)18-14-16(3)13-17(4)15-18/h13-15,19-20H,6-12H2,1-5H3. The van der Waals surface area contributed by atoms with Crippen molar-refractivity contribution in [2.75, 3.05) is 26.7 Å². The van der Waals surface area contributed by atoms with E-state index in [9.17, 15) is 0 Å². The summed E-state index contributed by atoms with van der Waals surface area (Å²) >= 11 is 0. The lowest BCUT2D eigenvalue weighted by Crippen LogP contribution is -2.28. The minimum atomic E-state index is 0.474. The molecule has 2 heteroatoms. The summed E-state index contributed by atoms with van der Waals surface area (Å²) < 4.78 is 0. The summed E-state index contributed by atoms with van der Waals surface area (Å²) in [5, 5.41) is 3.65. The van der Waals surface area contributed by atoms with Gasteiger partial charge in [0, 0.05) is 6.04 Å². The van der Waals surface area contributed by atoms with Crippen LogP contribution >= 0.6 is 0 Å². The van der Waals surface area contributed by atoms with Crippen LogP contribution in [0.25, 0.3) is 0 Å². The lowest BCUT2D eigenvalue weighted by atomic mass is 9.99. The van der Waals surface area contributed by atoms with Crippen LogP contribution in [0, 0.1) is 13.8 Å². The van der Waals surface area contributed by atoms with Gasteiger partial charge in [-0.2, -0.15) is 0 Å².